The van der Waals surface area contributed by atoms with E-state index in [4.69, 9.17) is 4.99 Å². The lowest BCUT2D eigenvalue weighted by Crippen LogP contribution is -2.37. The molecule has 1 heterocycles. The van der Waals surface area contributed by atoms with Gasteiger partial charge in [0.1, 0.15) is 0 Å². The van der Waals surface area contributed by atoms with Gasteiger partial charge in [-0.3, -0.25) is 0 Å². The van der Waals surface area contributed by atoms with Crippen LogP contribution in [0.1, 0.15) is 40.7 Å². The van der Waals surface area contributed by atoms with Crippen molar-refractivity contribution < 1.29 is 0 Å². The Bertz CT molecular complexity index is 676. The van der Waals surface area contributed by atoms with Gasteiger partial charge in [-0.2, -0.15) is 0 Å². The van der Waals surface area contributed by atoms with Crippen LogP contribution >= 0.6 is 11.3 Å². The number of nitrogens with one attached hydrogen (secondary N) is 2. The molecule has 0 atom stereocenters. The lowest BCUT2D eigenvalue weighted by Gasteiger charge is -2.11. The minimum atomic E-state index is 0.702. The number of benzene rings is 1. The van der Waals surface area contributed by atoms with E-state index < -0.39 is 0 Å². The van der Waals surface area contributed by atoms with Crippen molar-refractivity contribution in [2.24, 2.45) is 4.99 Å². The van der Waals surface area contributed by atoms with E-state index in [1.54, 1.807) is 11.3 Å². The van der Waals surface area contributed by atoms with E-state index in [1.165, 1.54) is 21.7 Å². The Balaban J connectivity index is 1.83. The van der Waals surface area contributed by atoms with Crippen molar-refractivity contribution in [3.05, 3.63) is 51.0 Å². The van der Waals surface area contributed by atoms with Crippen LogP contribution in [0.5, 0.6) is 0 Å². The van der Waals surface area contributed by atoms with Crippen LogP contribution in [0.15, 0.2) is 28.6 Å². The summed E-state index contributed by atoms with van der Waals surface area (Å²) in [6.07, 6.45) is 2.07. The Morgan fingerprint density at radius 1 is 1.21 bits per heavy atom. The Morgan fingerprint density at radius 2 is 2.04 bits per heavy atom. The average Bonchev–Trinajstić information content (AvgIpc) is 2.96. The monoisotopic (exact) mass is 344 g/mol. The molecule has 0 aliphatic heterocycles. The topological polar surface area (TPSA) is 49.3 Å². The van der Waals surface area contributed by atoms with E-state index in [1.807, 2.05) is 6.92 Å². The molecule has 5 heteroatoms. The second-order valence-corrected chi connectivity index (χ2v) is 6.98. The second kappa shape index (κ2) is 9.42. The number of hydrogen-bond acceptors (Lipinski definition) is 3. The van der Waals surface area contributed by atoms with Crippen molar-refractivity contribution in [3.63, 3.8) is 0 Å². The minimum Gasteiger partial charge on any atom is -0.357 e. The highest BCUT2D eigenvalue weighted by Crippen LogP contribution is 2.12. The van der Waals surface area contributed by atoms with Gasteiger partial charge < -0.3 is 10.6 Å². The van der Waals surface area contributed by atoms with Gasteiger partial charge in [0.15, 0.2) is 5.96 Å². The fraction of sp³-hybridized carbons (Fsp3) is 0.474. The summed E-state index contributed by atoms with van der Waals surface area (Å²) < 4.78 is 0. The summed E-state index contributed by atoms with van der Waals surface area (Å²) >= 11 is 1.74. The van der Waals surface area contributed by atoms with E-state index in [-0.39, 0.29) is 0 Å². The molecule has 0 saturated carbocycles. The summed E-state index contributed by atoms with van der Waals surface area (Å²) in [6.45, 7) is 10.9. The Morgan fingerprint density at radius 3 is 2.71 bits per heavy atom. The van der Waals surface area contributed by atoms with E-state index in [2.05, 4.69) is 60.0 Å². The smallest absolute Gasteiger partial charge is 0.191 e. The maximum Gasteiger partial charge on any atom is 0.191 e. The predicted molar refractivity (Wildman–Crippen MR) is 104 cm³/mol. The Hall–Kier alpha value is -1.88. The Labute approximate surface area is 149 Å². The van der Waals surface area contributed by atoms with Crippen molar-refractivity contribution >= 4 is 17.3 Å². The summed E-state index contributed by atoms with van der Waals surface area (Å²) in [6, 6.07) is 6.53. The number of aromatic nitrogens is 1. The molecule has 0 saturated heterocycles. The molecule has 2 aromatic rings. The fourth-order valence-corrected chi connectivity index (χ4v) is 3.31. The highest BCUT2D eigenvalue weighted by atomic mass is 32.1. The normalized spacial score (nSPS) is 11.6. The molecule has 0 radical (unpaired) electrons. The number of nitrogens with zero attached hydrogens (tertiary/aromatic N) is 2. The first kappa shape index (κ1) is 18.5. The van der Waals surface area contributed by atoms with Crippen molar-refractivity contribution in [1.29, 1.82) is 0 Å². The van der Waals surface area contributed by atoms with E-state index in [0.29, 0.717) is 6.54 Å². The third-order valence-electron chi connectivity index (χ3n) is 3.78. The Kier molecular flexibility index (Phi) is 7.25. The van der Waals surface area contributed by atoms with Crippen molar-refractivity contribution in [2.45, 2.75) is 47.1 Å². The highest BCUT2D eigenvalue weighted by Gasteiger charge is 2.02. The first-order chi connectivity index (χ1) is 11.6. The summed E-state index contributed by atoms with van der Waals surface area (Å²) in [5.41, 5.74) is 4.99. The molecule has 130 valence electrons. The van der Waals surface area contributed by atoms with Crippen molar-refractivity contribution in [1.82, 2.24) is 15.6 Å². The quantitative estimate of drug-likeness (QED) is 0.457. The molecule has 24 heavy (non-hydrogen) atoms. The SMILES string of the molecule is CCNC(=NCc1ccc(C)cc1C)NCCCc1nc(C)cs1. The molecule has 0 unspecified atom stereocenters. The van der Waals surface area contributed by atoms with Crippen LogP contribution in [0.25, 0.3) is 0 Å². The summed E-state index contributed by atoms with van der Waals surface area (Å²) in [7, 11) is 0. The number of rotatable bonds is 7. The number of aliphatic imine (C=N–C) groups is 1. The van der Waals surface area contributed by atoms with Gasteiger partial charge in [0.25, 0.3) is 0 Å². The molecule has 2 N–H and O–H groups in total. The zero-order valence-electron chi connectivity index (χ0n) is 15.1. The molecular weight excluding hydrogens is 316 g/mol. The molecule has 4 nitrogen and oxygen atoms in total. The van der Waals surface area contributed by atoms with Gasteiger partial charge in [0.2, 0.25) is 0 Å². The van der Waals surface area contributed by atoms with Crippen LogP contribution in [0.3, 0.4) is 0 Å². The maximum absolute atomic E-state index is 4.70. The summed E-state index contributed by atoms with van der Waals surface area (Å²) in [4.78, 5) is 9.21. The number of hydrogen-bond donors (Lipinski definition) is 2. The highest BCUT2D eigenvalue weighted by molar-refractivity contribution is 7.09. The molecule has 0 aliphatic rings. The molecule has 0 amide bonds. The molecule has 1 aromatic carbocycles. The van der Waals surface area contributed by atoms with E-state index >= 15 is 0 Å². The second-order valence-electron chi connectivity index (χ2n) is 6.04. The van der Waals surface area contributed by atoms with Crippen LogP contribution < -0.4 is 10.6 Å². The van der Waals surface area contributed by atoms with Gasteiger partial charge in [0, 0.05) is 30.6 Å². The van der Waals surface area contributed by atoms with Crippen molar-refractivity contribution in [2.75, 3.05) is 13.1 Å². The first-order valence-electron chi connectivity index (χ1n) is 8.57. The van der Waals surface area contributed by atoms with Gasteiger partial charge in [-0.05, 0) is 45.2 Å². The minimum absolute atomic E-state index is 0.702. The van der Waals surface area contributed by atoms with Crippen LogP contribution in [-0.4, -0.2) is 24.0 Å². The van der Waals surface area contributed by atoms with Gasteiger partial charge in [-0.25, -0.2) is 9.98 Å². The molecule has 0 fully saturated rings. The van der Waals surface area contributed by atoms with Gasteiger partial charge in [0.05, 0.1) is 11.6 Å². The third-order valence-corrected chi connectivity index (χ3v) is 4.80. The fourth-order valence-electron chi connectivity index (χ4n) is 2.49. The standard InChI is InChI=1S/C19H28N4S/c1-5-20-19(21-10-6-7-18-23-16(4)13-24-18)22-12-17-9-8-14(2)11-15(17)3/h8-9,11,13H,5-7,10,12H2,1-4H3,(H2,20,21,22). The van der Waals surface area contributed by atoms with Gasteiger partial charge in [-0.15, -0.1) is 11.3 Å². The summed E-state index contributed by atoms with van der Waals surface area (Å²) in [5, 5.41) is 10.1. The van der Waals surface area contributed by atoms with E-state index in [9.17, 15) is 0 Å². The lowest BCUT2D eigenvalue weighted by molar-refractivity contribution is 0.740. The van der Waals surface area contributed by atoms with E-state index in [0.717, 1.165) is 37.6 Å². The summed E-state index contributed by atoms with van der Waals surface area (Å²) in [5.74, 6) is 0.882. The molecule has 0 bridgehead atoms. The number of thiazole rings is 1. The lowest BCUT2D eigenvalue weighted by atomic mass is 10.1. The maximum atomic E-state index is 4.70. The van der Waals surface area contributed by atoms with Crippen LogP contribution in [0.4, 0.5) is 0 Å². The van der Waals surface area contributed by atoms with Gasteiger partial charge >= 0.3 is 0 Å². The van der Waals surface area contributed by atoms with Crippen LogP contribution in [-0.2, 0) is 13.0 Å². The van der Waals surface area contributed by atoms with Crippen LogP contribution in [0, 0.1) is 20.8 Å². The molecule has 0 spiro atoms. The first-order valence-corrected chi connectivity index (χ1v) is 9.45. The average molecular weight is 345 g/mol. The van der Waals surface area contributed by atoms with Crippen molar-refractivity contribution in [3.8, 4) is 0 Å². The largest absolute Gasteiger partial charge is 0.357 e. The number of aryl methyl sites for hydroxylation is 4. The predicted octanol–water partition coefficient (Wildman–Crippen LogP) is 3.76. The molecule has 1 aromatic heterocycles. The molecular formula is C19H28N4S. The molecule has 2 rings (SSSR count). The molecule has 0 aliphatic carbocycles. The zero-order valence-corrected chi connectivity index (χ0v) is 16.0. The van der Waals surface area contributed by atoms with Crippen LogP contribution in [0.2, 0.25) is 0 Å². The van der Waals surface area contributed by atoms with Gasteiger partial charge in [-0.1, -0.05) is 23.8 Å². The zero-order chi connectivity index (χ0) is 17.4. The third kappa shape index (κ3) is 5.96. The number of guanidine groups is 1.